The molecule has 31 heavy (non-hydrogen) atoms. The maximum Gasteiger partial charge on any atom is 0.176 e. The quantitative estimate of drug-likeness (QED) is 0.196. The molecule has 4 N–H and O–H groups in total. The van der Waals surface area contributed by atoms with E-state index in [1.165, 1.54) is 12.1 Å². The molecule has 2 rings (SSSR count). The van der Waals surface area contributed by atoms with Crippen LogP contribution in [0.3, 0.4) is 0 Å². The molecule has 2 aromatic carbocycles. The van der Waals surface area contributed by atoms with E-state index in [2.05, 4.69) is 26.2 Å². The molecule has 0 fully saturated rings. The fourth-order valence-electron chi connectivity index (χ4n) is 3.76. The van der Waals surface area contributed by atoms with Crippen LogP contribution in [0.2, 0.25) is 38.3 Å². The van der Waals surface area contributed by atoms with Crippen molar-refractivity contribution in [1.29, 1.82) is 0 Å². The molecule has 0 spiro atoms. The normalized spacial score (nSPS) is 12.0. The third kappa shape index (κ3) is 10.8. The van der Waals surface area contributed by atoms with Crippen molar-refractivity contribution in [2.45, 2.75) is 64.0 Å². The highest BCUT2D eigenvalue weighted by Crippen LogP contribution is 2.27. The van der Waals surface area contributed by atoms with Crippen molar-refractivity contribution in [2.24, 2.45) is 0 Å². The lowest BCUT2D eigenvalue weighted by molar-refractivity contribution is 0.307. The molecule has 0 aliphatic carbocycles. The van der Waals surface area contributed by atoms with E-state index in [1.807, 2.05) is 48.5 Å². The topological polar surface area (TPSA) is 79.7 Å². The second-order valence-corrected chi connectivity index (χ2v) is 18.4. The number of nitrogens with two attached hydrogens (primary N) is 2. The van der Waals surface area contributed by atoms with Crippen molar-refractivity contribution in [1.82, 2.24) is 0 Å². The highest BCUT2D eigenvalue weighted by atomic mass is 28.4. The summed E-state index contributed by atoms with van der Waals surface area (Å²) in [5.74, 6) is 1.69. The van der Waals surface area contributed by atoms with Gasteiger partial charge in [-0.15, -0.1) is 0 Å². The van der Waals surface area contributed by atoms with Crippen molar-refractivity contribution in [3.8, 4) is 11.5 Å². The van der Waals surface area contributed by atoms with Crippen LogP contribution < -0.4 is 20.9 Å². The average molecular weight is 461 g/mol. The van der Waals surface area contributed by atoms with Gasteiger partial charge in [0.1, 0.15) is 11.5 Å². The fourth-order valence-corrected chi connectivity index (χ4v) is 12.7. The molecule has 0 radical (unpaired) electrons. The third-order valence-electron chi connectivity index (χ3n) is 5.01. The van der Waals surface area contributed by atoms with Crippen LogP contribution in [0.4, 0.5) is 11.4 Å². The van der Waals surface area contributed by atoms with Gasteiger partial charge in [-0.1, -0.05) is 25.0 Å². The number of hydrogen-bond acceptors (Lipinski definition) is 5. The van der Waals surface area contributed by atoms with E-state index in [-0.39, 0.29) is 0 Å². The van der Waals surface area contributed by atoms with Crippen molar-refractivity contribution >= 4 is 28.0 Å². The van der Waals surface area contributed by atoms with Crippen LogP contribution in [-0.4, -0.2) is 29.8 Å². The van der Waals surface area contributed by atoms with Crippen molar-refractivity contribution in [2.75, 3.05) is 24.7 Å². The zero-order chi connectivity index (χ0) is 22.7. The number of anilines is 2. The van der Waals surface area contributed by atoms with Crippen LogP contribution in [0, 0.1) is 0 Å². The van der Waals surface area contributed by atoms with E-state index in [9.17, 15) is 0 Å². The summed E-state index contributed by atoms with van der Waals surface area (Å²) in [6.07, 6.45) is 4.33. The second kappa shape index (κ2) is 12.2. The summed E-state index contributed by atoms with van der Waals surface area (Å²) in [5, 5.41) is 0. The Balaban J connectivity index is 1.72. The summed E-state index contributed by atoms with van der Waals surface area (Å²) in [4.78, 5) is 0. The summed E-state index contributed by atoms with van der Waals surface area (Å²) in [5.41, 5.74) is 13.1. The van der Waals surface area contributed by atoms with Gasteiger partial charge in [-0.05, 0) is 75.4 Å². The minimum atomic E-state index is -1.75. The van der Waals surface area contributed by atoms with Crippen LogP contribution in [0.15, 0.2) is 48.5 Å². The average Bonchev–Trinajstić information content (AvgIpc) is 2.66. The van der Waals surface area contributed by atoms with Crippen LogP contribution in [0.5, 0.6) is 11.5 Å². The molecule has 5 nitrogen and oxygen atoms in total. The molecule has 7 heteroatoms. The lowest BCUT2D eigenvalue weighted by Crippen LogP contribution is -2.44. The van der Waals surface area contributed by atoms with E-state index >= 15 is 0 Å². The Labute approximate surface area is 190 Å². The zero-order valence-corrected chi connectivity index (χ0v) is 21.7. The lowest BCUT2D eigenvalue weighted by atomic mass is 10.3. The maximum absolute atomic E-state index is 6.75. The van der Waals surface area contributed by atoms with E-state index < -0.39 is 16.6 Å². The van der Waals surface area contributed by atoms with Crippen molar-refractivity contribution in [3.05, 3.63) is 48.5 Å². The van der Waals surface area contributed by atoms with Gasteiger partial charge in [0.25, 0.3) is 0 Å². The third-order valence-corrected chi connectivity index (χ3v) is 12.2. The predicted molar refractivity (Wildman–Crippen MR) is 137 cm³/mol. The molecule has 0 saturated carbocycles. The Hall–Kier alpha value is -1.97. The maximum atomic E-state index is 6.75. The second-order valence-electron chi connectivity index (χ2n) is 9.42. The highest BCUT2D eigenvalue weighted by molar-refractivity contribution is 6.84. The Morgan fingerprint density at radius 2 is 1.13 bits per heavy atom. The van der Waals surface area contributed by atoms with Gasteiger partial charge in [0, 0.05) is 23.5 Å². The molecule has 172 valence electrons. The van der Waals surface area contributed by atoms with Crippen LogP contribution in [-0.2, 0) is 4.12 Å². The largest absolute Gasteiger partial charge is 0.494 e. The lowest BCUT2D eigenvalue weighted by Gasteiger charge is -2.35. The monoisotopic (exact) mass is 460 g/mol. The summed E-state index contributed by atoms with van der Waals surface area (Å²) in [6.45, 7) is 10.7. The summed E-state index contributed by atoms with van der Waals surface area (Å²) >= 11 is 0. The van der Waals surface area contributed by atoms with Gasteiger partial charge < -0.3 is 25.1 Å². The molecule has 0 heterocycles. The number of ether oxygens (including phenoxy) is 2. The van der Waals surface area contributed by atoms with Crippen LogP contribution in [0.25, 0.3) is 0 Å². The molecule has 0 aromatic heterocycles. The number of rotatable bonds is 14. The first kappa shape index (κ1) is 25.3. The Morgan fingerprint density at radius 1 is 0.677 bits per heavy atom. The van der Waals surface area contributed by atoms with Gasteiger partial charge in [0.2, 0.25) is 0 Å². The fraction of sp³-hybridized carbons (Fsp3) is 0.500. The number of benzene rings is 2. The van der Waals surface area contributed by atoms with E-state index in [1.54, 1.807) is 0 Å². The predicted octanol–water partition coefficient (Wildman–Crippen LogP) is 6.30. The molecule has 0 unspecified atom stereocenters. The van der Waals surface area contributed by atoms with Gasteiger partial charge in [-0.25, -0.2) is 0 Å². The van der Waals surface area contributed by atoms with E-state index in [4.69, 9.17) is 25.1 Å². The molecule has 0 saturated heterocycles. The standard InChI is InChI=1S/C24H40N2O3Si2/c1-30(2,3)29-31(4,17-7-5-15-27-23-13-9-11-21(25)19-23)18-8-6-16-28-24-14-10-12-22(26)20-24/h9-14,19-20H,5-8,15-18,25-26H2,1-4H3. The minimum Gasteiger partial charge on any atom is -0.494 e. The molecular weight excluding hydrogens is 420 g/mol. The molecule has 2 aromatic rings. The molecular formula is C24H40N2O3Si2. The van der Waals surface area contributed by atoms with Crippen molar-refractivity contribution in [3.63, 3.8) is 0 Å². The van der Waals surface area contributed by atoms with Gasteiger partial charge in [0.15, 0.2) is 16.6 Å². The zero-order valence-electron chi connectivity index (χ0n) is 19.7. The molecule has 0 bridgehead atoms. The first-order chi connectivity index (χ1) is 14.7. The van der Waals surface area contributed by atoms with Crippen LogP contribution >= 0.6 is 0 Å². The molecule has 0 amide bonds. The van der Waals surface area contributed by atoms with Crippen LogP contribution in [0.1, 0.15) is 25.7 Å². The van der Waals surface area contributed by atoms with E-state index in [0.717, 1.165) is 61.8 Å². The van der Waals surface area contributed by atoms with E-state index in [0.29, 0.717) is 0 Å². The smallest absolute Gasteiger partial charge is 0.176 e. The molecule has 0 aliphatic heterocycles. The first-order valence-electron chi connectivity index (χ1n) is 11.3. The van der Waals surface area contributed by atoms with Gasteiger partial charge in [-0.3, -0.25) is 0 Å². The minimum absolute atomic E-state index is 0.717. The summed E-state index contributed by atoms with van der Waals surface area (Å²) < 4.78 is 18.4. The summed E-state index contributed by atoms with van der Waals surface area (Å²) in [6, 6.07) is 17.6. The highest BCUT2D eigenvalue weighted by Gasteiger charge is 2.33. The first-order valence-corrected chi connectivity index (χ1v) is 17.6. The Bertz CT molecular complexity index is 741. The Kier molecular flexibility index (Phi) is 9.93. The van der Waals surface area contributed by atoms with Gasteiger partial charge in [-0.2, -0.15) is 0 Å². The molecule has 0 atom stereocenters. The van der Waals surface area contributed by atoms with Gasteiger partial charge >= 0.3 is 0 Å². The molecule has 0 aliphatic rings. The Morgan fingerprint density at radius 3 is 1.52 bits per heavy atom. The summed E-state index contributed by atoms with van der Waals surface area (Å²) in [7, 11) is -3.33. The van der Waals surface area contributed by atoms with Gasteiger partial charge in [0.05, 0.1) is 13.2 Å². The number of unbranched alkanes of at least 4 members (excludes halogenated alkanes) is 2. The van der Waals surface area contributed by atoms with Crippen molar-refractivity contribution < 1.29 is 13.6 Å². The SMILES string of the molecule is C[Si](C)(C)O[Si](C)(CCCCOc1cccc(N)c1)CCCCOc1cccc(N)c1. The number of hydrogen-bond donors (Lipinski definition) is 2. The number of nitrogen functional groups attached to an aromatic ring is 2.